The van der Waals surface area contributed by atoms with E-state index in [4.69, 9.17) is 66.5 Å². The van der Waals surface area contributed by atoms with Crippen LogP contribution in [0.15, 0.2) is 34.5 Å². The van der Waals surface area contributed by atoms with Gasteiger partial charge in [0.1, 0.15) is 28.0 Å². The number of carboxylic acids is 2. The van der Waals surface area contributed by atoms with Gasteiger partial charge in [0.15, 0.2) is 24.0 Å². The number of sulfonamides is 1. The normalized spacial score (nSPS) is 11.4. The number of ether oxygens (including phenoxy) is 2. The largest absolute Gasteiger partial charge is 0.751 e. The summed E-state index contributed by atoms with van der Waals surface area (Å²) in [7, 11) is -6.98. The molecule has 29 heteroatoms. The van der Waals surface area contributed by atoms with Crippen LogP contribution in [0.5, 0.6) is 17.2 Å². The number of halogens is 7. The molecular weight excluding hydrogens is 864 g/mol. The van der Waals surface area contributed by atoms with E-state index in [-0.39, 0.29) is 27.4 Å². The average Bonchev–Trinajstić information content (AvgIpc) is 3.43. The summed E-state index contributed by atoms with van der Waals surface area (Å²) in [4.78, 5) is 23.2. The molecule has 0 amide bonds. The van der Waals surface area contributed by atoms with Crippen LogP contribution in [-0.2, 0) is 28.7 Å². The van der Waals surface area contributed by atoms with E-state index in [9.17, 15) is 43.7 Å². The molecule has 1 heterocycles. The molecular formula is C29H33F7N8O11PS2+. The van der Waals surface area contributed by atoms with Crippen LogP contribution in [-0.4, -0.2) is 77.7 Å². The first-order valence-electron chi connectivity index (χ1n) is 15.4. The van der Waals surface area contributed by atoms with Crippen molar-refractivity contribution in [3.8, 4) is 23.3 Å². The summed E-state index contributed by atoms with van der Waals surface area (Å²) in [5.74, 6) is -6.01. The second-order valence-electron chi connectivity index (χ2n) is 10.5. The lowest BCUT2D eigenvalue weighted by Crippen LogP contribution is -2.78. The summed E-state index contributed by atoms with van der Waals surface area (Å²) in [5, 5.41) is 27.0. The third kappa shape index (κ3) is 18.0. The van der Waals surface area contributed by atoms with E-state index in [0.29, 0.717) is 66.3 Å². The van der Waals surface area contributed by atoms with E-state index in [0.717, 1.165) is 23.5 Å². The highest BCUT2D eigenvalue weighted by molar-refractivity contribution is 7.91. The third-order valence-corrected chi connectivity index (χ3v) is 10.1. The number of rotatable bonds is 17. The first kappa shape index (κ1) is 50.3. The number of hydrogen-bond donors (Lipinski definition) is 7. The van der Waals surface area contributed by atoms with E-state index in [1.54, 1.807) is 25.1 Å². The molecule has 58 heavy (non-hydrogen) atoms. The predicted molar refractivity (Wildman–Crippen MR) is 183 cm³/mol. The van der Waals surface area contributed by atoms with E-state index in [2.05, 4.69) is 14.7 Å². The number of nitrogens with two attached hydrogens (primary N) is 4. The van der Waals surface area contributed by atoms with Gasteiger partial charge in [-0.15, -0.1) is 11.3 Å². The van der Waals surface area contributed by atoms with E-state index < -0.39 is 55.1 Å². The van der Waals surface area contributed by atoms with Crippen molar-refractivity contribution in [2.75, 3.05) is 33.0 Å². The Morgan fingerprint density at radius 2 is 1.40 bits per heavy atom. The van der Waals surface area contributed by atoms with Crippen LogP contribution in [0.4, 0.5) is 30.7 Å². The van der Waals surface area contributed by atoms with Crippen molar-refractivity contribution >= 4 is 63.6 Å². The van der Waals surface area contributed by atoms with Crippen molar-refractivity contribution in [1.29, 1.82) is 5.26 Å². The van der Waals surface area contributed by atoms with Gasteiger partial charge in [-0.3, -0.25) is 32.9 Å². The zero-order valence-corrected chi connectivity index (χ0v) is 32.0. The summed E-state index contributed by atoms with van der Waals surface area (Å²) in [5.41, 5.74) is 21.9. The Kier molecular flexibility index (Phi) is 19.8. The van der Waals surface area contributed by atoms with Gasteiger partial charge < -0.3 is 29.3 Å². The van der Waals surface area contributed by atoms with Gasteiger partial charge in [-0.05, 0) is 30.7 Å². The van der Waals surface area contributed by atoms with Crippen molar-refractivity contribution < 1.29 is 92.0 Å². The smallest absolute Gasteiger partial charge is 0.542 e. The van der Waals surface area contributed by atoms with Crippen LogP contribution >= 0.6 is 19.6 Å². The van der Waals surface area contributed by atoms with E-state index >= 15 is 0 Å². The second kappa shape index (κ2) is 22.9. The number of aryl methyl sites for hydroxylation is 1. The number of nitrogens with zero attached hydrogens (tertiary/aromatic N) is 1. The van der Waals surface area contributed by atoms with Crippen molar-refractivity contribution in [3.63, 3.8) is 0 Å². The Morgan fingerprint density at radius 3 is 1.83 bits per heavy atom. The quantitative estimate of drug-likeness (QED) is 0.0178. The van der Waals surface area contributed by atoms with Crippen molar-refractivity contribution in [2.45, 2.75) is 36.3 Å². The first-order chi connectivity index (χ1) is 26.8. The molecule has 0 bridgehead atoms. The maximum absolute atomic E-state index is 13.7. The molecule has 0 spiro atoms. The molecule has 0 saturated heterocycles. The first-order valence-corrected chi connectivity index (χ1v) is 18.8. The van der Waals surface area contributed by atoms with E-state index in [1.165, 1.54) is 6.07 Å². The number of fused-ring (bicyclic) bond motifs is 1. The molecule has 0 radical (unpaired) electrons. The highest BCUT2D eigenvalue weighted by Gasteiger charge is 2.30. The molecule has 3 aromatic rings. The van der Waals surface area contributed by atoms with Crippen LogP contribution in [0.1, 0.15) is 24.0 Å². The number of guanidine groups is 2. The highest BCUT2D eigenvalue weighted by Crippen LogP contribution is 2.41. The van der Waals surface area contributed by atoms with Crippen LogP contribution in [0.3, 0.4) is 0 Å². The lowest BCUT2D eigenvalue weighted by molar-refractivity contribution is -0.460. The number of carbonyl (C=O) groups is 2. The molecule has 320 valence electrons. The highest BCUT2D eigenvalue weighted by atomic mass is 32.2. The van der Waals surface area contributed by atoms with Gasteiger partial charge in [-0.25, -0.2) is 17.3 Å². The number of thiophene rings is 1. The molecule has 0 saturated carbocycles. The molecule has 1 unspecified atom stereocenters. The molecule has 1 aromatic heterocycles. The summed E-state index contributed by atoms with van der Waals surface area (Å²) in [6, 6.07) is 8.30. The number of carboxylic acid groups (broad SMARTS) is 2. The van der Waals surface area contributed by atoms with Crippen molar-refractivity contribution in [3.05, 3.63) is 47.3 Å². The summed E-state index contributed by atoms with van der Waals surface area (Å²) < 4.78 is 140. The fourth-order valence-corrected chi connectivity index (χ4v) is 6.93. The molecule has 11 N–H and O–H groups in total. The SMILES string of the molecule is Cc1c(S(=O)(=O)NCO[P+](=O)Oc2ccc(C#N)c(F)c2)sc2cc(OCCC[NH+]=C(N)N)c(OCCC[NH+]=C(N)N)cc12.O=C([O-])C(F)(F)F.O=C([O-])C(F)(F)F. The zero-order chi connectivity index (χ0) is 44.4. The van der Waals surface area contributed by atoms with Gasteiger partial charge >= 0.3 is 32.5 Å². The maximum atomic E-state index is 13.7. The second-order valence-corrected chi connectivity index (χ2v) is 14.4. The van der Waals surface area contributed by atoms with Gasteiger partial charge in [0, 0.05) is 39.6 Å². The molecule has 0 aliphatic rings. The Bertz CT molecular complexity index is 2100. The number of benzene rings is 2. The van der Waals surface area contributed by atoms with Gasteiger partial charge in [-0.2, -0.15) is 36.3 Å². The summed E-state index contributed by atoms with van der Waals surface area (Å²) in [6.07, 6.45) is -9.24. The lowest BCUT2D eigenvalue weighted by atomic mass is 10.2. The number of nitriles is 1. The molecule has 0 aliphatic carbocycles. The van der Waals surface area contributed by atoms with Crippen LogP contribution in [0.2, 0.25) is 0 Å². The van der Waals surface area contributed by atoms with Crippen molar-refractivity contribution in [2.24, 2.45) is 22.9 Å². The Hall–Kier alpha value is -5.75. The molecule has 19 nitrogen and oxygen atoms in total. The van der Waals surface area contributed by atoms with Crippen LogP contribution in [0.25, 0.3) is 10.1 Å². The van der Waals surface area contributed by atoms with Crippen LogP contribution in [0, 0.1) is 24.1 Å². The minimum Gasteiger partial charge on any atom is -0.542 e. The third-order valence-electron chi connectivity index (χ3n) is 6.14. The molecule has 3 rings (SSSR count). The van der Waals surface area contributed by atoms with Gasteiger partial charge in [0.05, 0.1) is 31.9 Å². The van der Waals surface area contributed by atoms with Gasteiger partial charge in [0.2, 0.25) is 0 Å². The Labute approximate surface area is 328 Å². The van der Waals surface area contributed by atoms with Crippen LogP contribution < -0.4 is 61.9 Å². The van der Waals surface area contributed by atoms with Gasteiger partial charge in [0.25, 0.3) is 10.0 Å². The molecule has 0 fully saturated rings. The number of aliphatic carboxylic acids is 2. The van der Waals surface area contributed by atoms with E-state index in [1.807, 2.05) is 0 Å². The topological polar surface area (TPSA) is 336 Å². The van der Waals surface area contributed by atoms with Gasteiger partial charge in [-0.1, -0.05) is 4.52 Å². The molecule has 0 aliphatic heterocycles. The Balaban J connectivity index is 0.00000102. The minimum atomic E-state index is -5.19. The fraction of sp³-hybridized carbons (Fsp3) is 0.345. The standard InChI is InChI=1S/C25H31FN8O7PS2.2C2HF3O2/c1-15-18-11-20(38-8-2-6-32-24(28)29)21(39-9-3-7-33-25(30)31)12-22(18)43-23(15)44(36,37)34-14-40-42(35)41-17-5-4-16(13-27)19(26)10-17;2*3-2(4,5)1(6)7/h4-5,10-12,34H,2-3,6-9,14H2,1H3,(H4,28,29,32)(H4,30,31,33);2*(H,6,7)/q+1;;. The lowest BCUT2D eigenvalue weighted by Gasteiger charge is -2.13. The van der Waals surface area contributed by atoms with Crippen molar-refractivity contribution in [1.82, 2.24) is 4.72 Å². The zero-order valence-electron chi connectivity index (χ0n) is 29.5. The summed E-state index contributed by atoms with van der Waals surface area (Å²) >= 11 is 1.00. The fourth-order valence-electron chi connectivity index (χ4n) is 3.64. The monoisotopic (exact) mass is 897 g/mol. The predicted octanol–water partition coefficient (Wildman–Crippen LogP) is -2.95. The molecule has 2 aromatic carbocycles. The summed E-state index contributed by atoms with van der Waals surface area (Å²) in [6.45, 7) is 2.52. The minimum absolute atomic E-state index is 0.000764. The number of hydrogen-bond acceptors (Lipinski definition) is 13. The number of alkyl halides is 6. The average molecular weight is 898 g/mol. The number of nitrogens with one attached hydrogen (secondary N) is 3. The Morgan fingerprint density at radius 1 is 0.914 bits per heavy atom. The maximum Gasteiger partial charge on any atom is 0.751 e. The molecule has 1 atom stereocenters. The number of carbonyl (C=O) groups excluding carboxylic acids is 2.